The molecule has 0 atom stereocenters. The molecule has 3 aromatic rings. The van der Waals surface area contributed by atoms with E-state index in [0.29, 0.717) is 0 Å². The summed E-state index contributed by atoms with van der Waals surface area (Å²) in [7, 11) is -4.22. The van der Waals surface area contributed by atoms with Gasteiger partial charge in [-0.2, -0.15) is 10.2 Å². The van der Waals surface area contributed by atoms with Gasteiger partial charge in [0.1, 0.15) is 10.6 Å². The topological polar surface area (TPSA) is 127 Å². The highest BCUT2D eigenvalue weighted by atomic mass is 35.5. The number of halogens is 1. The summed E-state index contributed by atoms with van der Waals surface area (Å²) < 4.78 is 28.1. The molecule has 0 spiro atoms. The summed E-state index contributed by atoms with van der Waals surface area (Å²) in [5, 5.41) is 19.2. The van der Waals surface area contributed by atoms with Crippen molar-refractivity contribution in [3.05, 3.63) is 87.7 Å². The molecular weight excluding hydrogens is 418 g/mol. The molecule has 148 valence electrons. The lowest BCUT2D eigenvalue weighted by atomic mass is 10.3. The number of benzene rings is 2. The Kier molecular flexibility index (Phi) is 6.15. The monoisotopic (exact) mass is 431 g/mol. The van der Waals surface area contributed by atoms with Gasteiger partial charge < -0.3 is 0 Å². The average Bonchev–Trinajstić information content (AvgIpc) is 2.70. The number of para-hydroxylation sites is 1. The molecule has 0 unspecified atom stereocenters. The van der Waals surface area contributed by atoms with E-state index in [0.717, 1.165) is 17.7 Å². The van der Waals surface area contributed by atoms with Gasteiger partial charge in [-0.15, -0.1) is 0 Å². The Bertz CT molecular complexity index is 1170. The van der Waals surface area contributed by atoms with Crippen LogP contribution in [-0.4, -0.2) is 18.3 Å². The molecule has 1 N–H and O–H groups in total. The molecular formula is C18H14ClN5O4S. The second-order valence-electron chi connectivity index (χ2n) is 5.76. The zero-order valence-electron chi connectivity index (χ0n) is 14.8. The molecule has 0 saturated heterocycles. The number of nitro benzene ring substituents is 1. The molecule has 0 fully saturated rings. The van der Waals surface area contributed by atoms with Crippen LogP contribution in [0.15, 0.2) is 82.1 Å². The molecule has 1 aromatic heterocycles. The number of hydrogen-bond donors (Lipinski definition) is 1. The third-order valence-electron chi connectivity index (χ3n) is 3.72. The van der Waals surface area contributed by atoms with Crippen molar-refractivity contribution in [1.29, 1.82) is 0 Å². The first-order valence-corrected chi connectivity index (χ1v) is 10.0. The summed E-state index contributed by atoms with van der Waals surface area (Å²) in [5.74, 6) is 0. The fraction of sp³-hybridized carbons (Fsp3) is 0.0556. The summed E-state index contributed by atoms with van der Waals surface area (Å²) in [4.78, 5) is 14.0. The van der Waals surface area contributed by atoms with Crippen LogP contribution in [0.2, 0.25) is 5.02 Å². The van der Waals surface area contributed by atoms with Crippen LogP contribution in [0.4, 0.5) is 17.1 Å². The van der Waals surface area contributed by atoms with Gasteiger partial charge in [0, 0.05) is 24.5 Å². The van der Waals surface area contributed by atoms with Crippen molar-refractivity contribution in [3.8, 4) is 0 Å². The van der Waals surface area contributed by atoms with Gasteiger partial charge in [-0.25, -0.2) is 8.42 Å². The van der Waals surface area contributed by atoms with E-state index >= 15 is 0 Å². The highest BCUT2D eigenvalue weighted by Crippen LogP contribution is 2.32. The molecule has 0 bridgehead atoms. The van der Waals surface area contributed by atoms with E-state index < -0.39 is 20.6 Å². The van der Waals surface area contributed by atoms with E-state index in [1.165, 1.54) is 18.2 Å². The third kappa shape index (κ3) is 5.12. The number of azo groups is 1. The summed E-state index contributed by atoms with van der Waals surface area (Å²) in [5.41, 5.74) is 0.477. The molecule has 0 aliphatic carbocycles. The molecule has 0 amide bonds. The normalized spacial score (nSPS) is 11.5. The third-order valence-corrected chi connectivity index (χ3v) is 5.44. The van der Waals surface area contributed by atoms with Crippen LogP contribution in [0.1, 0.15) is 5.56 Å². The number of hydrogen-bond acceptors (Lipinski definition) is 7. The maximum absolute atomic E-state index is 12.9. The number of rotatable bonds is 7. The molecule has 9 nitrogen and oxygen atoms in total. The maximum Gasteiger partial charge on any atom is 0.270 e. The first kappa shape index (κ1) is 20.4. The van der Waals surface area contributed by atoms with Gasteiger partial charge in [0.25, 0.3) is 15.7 Å². The highest BCUT2D eigenvalue weighted by molar-refractivity contribution is 7.92. The van der Waals surface area contributed by atoms with Gasteiger partial charge in [0.15, 0.2) is 0 Å². The Morgan fingerprint density at radius 2 is 1.93 bits per heavy atom. The van der Waals surface area contributed by atoms with Crippen LogP contribution >= 0.6 is 11.6 Å². The first-order valence-electron chi connectivity index (χ1n) is 8.19. The largest absolute Gasteiger partial charge is 0.278 e. The van der Waals surface area contributed by atoms with Gasteiger partial charge in [-0.3, -0.25) is 19.8 Å². The lowest BCUT2D eigenvalue weighted by Crippen LogP contribution is -2.13. The number of non-ortho nitro benzene ring substituents is 1. The van der Waals surface area contributed by atoms with Gasteiger partial charge >= 0.3 is 0 Å². The van der Waals surface area contributed by atoms with Crippen LogP contribution in [-0.2, 0) is 16.6 Å². The second kappa shape index (κ2) is 8.76. The van der Waals surface area contributed by atoms with Gasteiger partial charge in [-0.05, 0) is 29.8 Å². The van der Waals surface area contributed by atoms with E-state index in [1.807, 2.05) is 0 Å². The Morgan fingerprint density at radius 1 is 1.14 bits per heavy atom. The van der Waals surface area contributed by atoms with E-state index in [2.05, 4.69) is 19.9 Å². The molecule has 0 aliphatic heterocycles. The smallest absolute Gasteiger partial charge is 0.270 e. The van der Waals surface area contributed by atoms with Crippen LogP contribution in [0, 0.1) is 10.1 Å². The van der Waals surface area contributed by atoms with E-state index in [1.54, 1.807) is 36.7 Å². The lowest BCUT2D eigenvalue weighted by molar-refractivity contribution is -0.385. The van der Waals surface area contributed by atoms with Crippen LogP contribution < -0.4 is 4.72 Å². The Morgan fingerprint density at radius 3 is 2.62 bits per heavy atom. The summed E-state index contributed by atoms with van der Waals surface area (Å²) in [6.07, 6.45) is 3.22. The number of sulfonamides is 1. The fourth-order valence-electron chi connectivity index (χ4n) is 2.34. The van der Waals surface area contributed by atoms with E-state index in [4.69, 9.17) is 11.6 Å². The standard InChI is InChI=1S/C18H14ClN5O4S/c19-15-5-1-2-6-16(15)23-29(27,28)18-10-14(24(25)26)7-8-17(18)22-21-12-13-4-3-9-20-11-13/h1-11,23H,12H2. The van der Waals surface area contributed by atoms with Crippen LogP contribution in [0.25, 0.3) is 0 Å². The molecule has 11 heteroatoms. The van der Waals surface area contributed by atoms with Gasteiger partial charge in [0.05, 0.1) is 22.2 Å². The number of pyridine rings is 1. The van der Waals surface area contributed by atoms with Crippen molar-refractivity contribution in [2.45, 2.75) is 11.4 Å². The molecule has 2 aromatic carbocycles. The highest BCUT2D eigenvalue weighted by Gasteiger charge is 2.23. The number of nitro groups is 1. The minimum Gasteiger partial charge on any atom is -0.278 e. The summed E-state index contributed by atoms with van der Waals surface area (Å²) in [6.45, 7) is 0.169. The predicted octanol–water partition coefficient (Wildman–Crippen LogP) is 4.73. The first-order chi connectivity index (χ1) is 13.9. The van der Waals surface area contributed by atoms with Crippen LogP contribution in [0.5, 0.6) is 0 Å². The molecule has 29 heavy (non-hydrogen) atoms. The molecule has 3 rings (SSSR count). The number of nitrogens with one attached hydrogen (secondary N) is 1. The zero-order valence-corrected chi connectivity index (χ0v) is 16.3. The summed E-state index contributed by atoms with van der Waals surface area (Å²) in [6, 6.07) is 13.1. The lowest BCUT2D eigenvalue weighted by Gasteiger charge is -2.11. The van der Waals surface area contributed by atoms with Gasteiger partial charge in [-0.1, -0.05) is 29.8 Å². The predicted molar refractivity (Wildman–Crippen MR) is 108 cm³/mol. The van der Waals surface area contributed by atoms with E-state index in [9.17, 15) is 18.5 Å². The fourth-order valence-corrected chi connectivity index (χ4v) is 3.82. The molecule has 0 radical (unpaired) electrons. The van der Waals surface area contributed by atoms with Crippen molar-refractivity contribution >= 4 is 38.7 Å². The minimum absolute atomic E-state index is 0.0426. The number of nitrogens with zero attached hydrogens (tertiary/aromatic N) is 4. The Labute approximate surface area is 171 Å². The average molecular weight is 432 g/mol. The van der Waals surface area contributed by atoms with E-state index in [-0.39, 0.29) is 27.8 Å². The molecule has 0 saturated carbocycles. The molecule has 1 heterocycles. The Hall–Kier alpha value is -3.37. The SMILES string of the molecule is O=[N+]([O-])c1ccc(N=NCc2cccnc2)c(S(=O)(=O)Nc2ccccc2Cl)c1. The van der Waals surface area contributed by atoms with Crippen molar-refractivity contribution in [2.75, 3.05) is 4.72 Å². The number of anilines is 1. The summed E-state index contributed by atoms with van der Waals surface area (Å²) >= 11 is 6.01. The van der Waals surface area contributed by atoms with Crippen molar-refractivity contribution in [2.24, 2.45) is 10.2 Å². The van der Waals surface area contributed by atoms with Crippen LogP contribution in [0.3, 0.4) is 0 Å². The minimum atomic E-state index is -4.22. The maximum atomic E-state index is 12.9. The Balaban J connectivity index is 1.97. The number of aromatic nitrogens is 1. The molecule has 0 aliphatic rings. The van der Waals surface area contributed by atoms with Crippen molar-refractivity contribution in [1.82, 2.24) is 4.98 Å². The van der Waals surface area contributed by atoms with Gasteiger partial charge in [0.2, 0.25) is 0 Å². The van der Waals surface area contributed by atoms with Crippen molar-refractivity contribution in [3.63, 3.8) is 0 Å². The second-order valence-corrected chi connectivity index (χ2v) is 7.81. The quantitative estimate of drug-likeness (QED) is 0.328. The zero-order chi connectivity index (χ0) is 20.9. The van der Waals surface area contributed by atoms with Crippen molar-refractivity contribution < 1.29 is 13.3 Å².